The van der Waals surface area contributed by atoms with Gasteiger partial charge in [0.25, 0.3) is 0 Å². The van der Waals surface area contributed by atoms with E-state index in [9.17, 15) is 19.1 Å². The number of carbonyl (C=O) groups excluding carboxylic acids is 2. The van der Waals surface area contributed by atoms with E-state index in [0.717, 1.165) is 53.2 Å². The topological polar surface area (TPSA) is 90.5 Å². The van der Waals surface area contributed by atoms with Gasteiger partial charge in [0, 0.05) is 24.8 Å². The minimum absolute atomic E-state index is 0. The lowest BCUT2D eigenvalue weighted by Crippen LogP contribution is -2.48. The van der Waals surface area contributed by atoms with Crippen LogP contribution in [0.1, 0.15) is 30.4 Å². The van der Waals surface area contributed by atoms with Crippen LogP contribution in [0.25, 0.3) is 11.1 Å². The number of piperidine rings is 1. The fraction of sp³-hybridized carbons (Fsp3) is 0.333. The third-order valence-electron chi connectivity index (χ3n) is 6.91. The molecule has 1 fully saturated rings. The van der Waals surface area contributed by atoms with Gasteiger partial charge in [-0.2, -0.15) is 0 Å². The van der Waals surface area contributed by atoms with Crippen molar-refractivity contribution in [2.24, 2.45) is 0 Å². The Hall–Kier alpha value is -3.02. The minimum Gasteiger partial charge on any atom is -0.851 e. The first-order chi connectivity index (χ1) is 18.2. The highest BCUT2D eigenvalue weighted by Gasteiger charge is 2.28. The fourth-order valence-electron chi connectivity index (χ4n) is 4.59. The second kappa shape index (κ2) is 13.9. The van der Waals surface area contributed by atoms with Gasteiger partial charge >= 0.3 is 6.09 Å². The maximum absolute atomic E-state index is 14.1. The Kier molecular flexibility index (Phi) is 10.8. The zero-order valence-electron chi connectivity index (χ0n) is 22.2. The Morgan fingerprint density at radius 3 is 2.31 bits per heavy atom. The van der Waals surface area contributed by atoms with Crippen molar-refractivity contribution in [2.75, 3.05) is 37.8 Å². The first kappa shape index (κ1) is 30.5. The average Bonchev–Trinajstić information content (AvgIpc) is 2.90. The number of amides is 2. The molecule has 2 N–H and O–H groups in total. The Labute approximate surface area is 246 Å². The third-order valence-corrected chi connectivity index (χ3v) is 6.91. The smallest absolute Gasteiger partial charge is 0.411 e. The van der Waals surface area contributed by atoms with Crippen molar-refractivity contribution >= 4 is 47.4 Å². The number of likely N-dealkylation sites (tertiary alicyclic amines) is 1. The van der Waals surface area contributed by atoms with Crippen LogP contribution in [0.15, 0.2) is 66.7 Å². The van der Waals surface area contributed by atoms with Gasteiger partial charge in [-0.1, -0.05) is 54.1 Å². The van der Waals surface area contributed by atoms with Crippen molar-refractivity contribution in [3.05, 3.63) is 83.7 Å². The van der Waals surface area contributed by atoms with E-state index in [-0.39, 0.29) is 48.1 Å². The molecule has 208 valence electrons. The zero-order chi connectivity index (χ0) is 27.1. The van der Waals surface area contributed by atoms with E-state index in [1.807, 2.05) is 48.5 Å². The number of halogens is 2. The number of aryl methyl sites for hydroxylation is 1. The summed E-state index contributed by atoms with van der Waals surface area (Å²) in [5.74, 6) is -0.983. The second-order valence-electron chi connectivity index (χ2n) is 10.4. The van der Waals surface area contributed by atoms with Gasteiger partial charge in [-0.25, -0.2) is 9.18 Å². The standard InChI is InChI=1S/C30H34FN3O4.HI/c1-34(2)16-14-24(15-17-34)38-30(37)33-28-19-21(8-11-25(28)23-6-4-3-5-7-23)10-13-29(36)32-27-12-9-22(20-35)18-26(27)31;/h3-9,11-12,18-19,24H,10,13-17,20H2,1-2H3,(H,32,36)(H,33,37);1H. The molecule has 1 saturated heterocycles. The molecule has 1 heterocycles. The van der Waals surface area contributed by atoms with E-state index in [0.29, 0.717) is 17.7 Å². The Bertz CT molecular complexity index is 1280. The Balaban J connectivity index is 0.00000420. The molecule has 0 spiro atoms. The van der Waals surface area contributed by atoms with E-state index in [1.54, 1.807) is 0 Å². The molecule has 4 rings (SSSR count). The van der Waals surface area contributed by atoms with Gasteiger partial charge in [0.15, 0.2) is 0 Å². The van der Waals surface area contributed by atoms with Gasteiger partial charge in [0.1, 0.15) is 11.9 Å². The number of benzene rings is 3. The lowest BCUT2D eigenvalue weighted by molar-refractivity contribution is -0.896. The summed E-state index contributed by atoms with van der Waals surface area (Å²) >= 11 is 0. The van der Waals surface area contributed by atoms with E-state index in [4.69, 9.17) is 4.74 Å². The largest absolute Gasteiger partial charge is 0.851 e. The molecule has 0 atom stereocenters. The number of ether oxygens (including phenoxy) is 1. The van der Waals surface area contributed by atoms with Crippen LogP contribution in [0.3, 0.4) is 0 Å². The number of anilines is 2. The second-order valence-corrected chi connectivity index (χ2v) is 10.4. The summed E-state index contributed by atoms with van der Waals surface area (Å²) < 4.78 is 20.8. The van der Waals surface area contributed by atoms with Crippen molar-refractivity contribution in [3.63, 3.8) is 0 Å². The number of hydrogen-bond acceptors (Lipinski definition) is 4. The molecule has 0 aromatic heterocycles. The number of quaternary nitrogens is 1. The van der Waals surface area contributed by atoms with Crippen LogP contribution >= 0.6 is 24.0 Å². The van der Waals surface area contributed by atoms with E-state index >= 15 is 0 Å². The number of nitrogens with one attached hydrogen (secondary N) is 2. The lowest BCUT2D eigenvalue weighted by Gasteiger charge is -2.36. The summed E-state index contributed by atoms with van der Waals surface area (Å²) in [5, 5.41) is 16.4. The fourth-order valence-corrected chi connectivity index (χ4v) is 4.59. The molecule has 0 saturated carbocycles. The van der Waals surface area contributed by atoms with Crippen LogP contribution in [0.2, 0.25) is 0 Å². The van der Waals surface area contributed by atoms with Crippen LogP contribution in [-0.4, -0.2) is 49.8 Å². The molecule has 0 unspecified atom stereocenters. The number of hydrogen-bond donors (Lipinski definition) is 2. The predicted molar refractivity (Wildman–Crippen MR) is 159 cm³/mol. The first-order valence-corrected chi connectivity index (χ1v) is 12.9. The molecule has 1 aliphatic heterocycles. The van der Waals surface area contributed by atoms with Crippen LogP contribution in [-0.2, 0) is 22.6 Å². The highest BCUT2D eigenvalue weighted by molar-refractivity contribution is 14.0. The summed E-state index contributed by atoms with van der Waals surface area (Å²) in [6.45, 7) is 1.39. The number of rotatable bonds is 8. The van der Waals surface area contributed by atoms with Crippen LogP contribution in [0, 0.1) is 5.82 Å². The molecular weight excluding hydrogens is 612 g/mol. The Morgan fingerprint density at radius 2 is 1.64 bits per heavy atom. The Morgan fingerprint density at radius 1 is 0.949 bits per heavy atom. The van der Waals surface area contributed by atoms with Gasteiger partial charge in [-0.3, -0.25) is 10.1 Å². The van der Waals surface area contributed by atoms with E-state index in [2.05, 4.69) is 24.7 Å². The summed E-state index contributed by atoms with van der Waals surface area (Å²) in [5.41, 5.74) is 3.60. The molecule has 39 heavy (non-hydrogen) atoms. The van der Waals surface area contributed by atoms with E-state index < -0.39 is 18.5 Å². The molecule has 9 heteroatoms. The molecule has 3 aromatic rings. The summed E-state index contributed by atoms with van der Waals surface area (Å²) in [6, 6.07) is 19.4. The van der Waals surface area contributed by atoms with Gasteiger partial charge < -0.3 is 19.6 Å². The molecular formula is C30H35FIN3O4. The zero-order valence-corrected chi connectivity index (χ0v) is 24.6. The SMILES string of the molecule is C[N+]1(C)CCC(OC(=O)Nc2cc(CCC(=O)Nc3ccc(C[O-])cc3F)ccc2-c2ccccc2)CC1.I. The van der Waals surface area contributed by atoms with Gasteiger partial charge in [0.05, 0.1) is 38.6 Å². The van der Waals surface area contributed by atoms with Gasteiger partial charge in [0.2, 0.25) is 5.91 Å². The molecule has 1 aliphatic rings. The summed E-state index contributed by atoms with van der Waals surface area (Å²) in [6.07, 6.45) is 1.54. The molecule has 0 radical (unpaired) electrons. The molecule has 2 amide bonds. The van der Waals surface area contributed by atoms with Gasteiger partial charge in [-0.05, 0) is 35.7 Å². The highest BCUT2D eigenvalue weighted by atomic mass is 127. The van der Waals surface area contributed by atoms with E-state index in [1.165, 1.54) is 12.1 Å². The molecule has 0 aliphatic carbocycles. The van der Waals surface area contributed by atoms with Crippen molar-refractivity contribution in [3.8, 4) is 11.1 Å². The maximum Gasteiger partial charge on any atom is 0.411 e. The van der Waals surface area contributed by atoms with Crippen LogP contribution in [0.4, 0.5) is 20.6 Å². The lowest BCUT2D eigenvalue weighted by atomic mass is 9.99. The first-order valence-electron chi connectivity index (χ1n) is 12.9. The quantitative estimate of drug-likeness (QED) is 0.256. The van der Waals surface area contributed by atoms with Crippen molar-refractivity contribution in [1.82, 2.24) is 0 Å². The monoisotopic (exact) mass is 647 g/mol. The molecule has 3 aromatic carbocycles. The van der Waals surface area contributed by atoms with Crippen LogP contribution < -0.4 is 15.7 Å². The average molecular weight is 648 g/mol. The normalized spacial score (nSPS) is 14.7. The highest BCUT2D eigenvalue weighted by Crippen LogP contribution is 2.30. The van der Waals surface area contributed by atoms with Crippen molar-refractivity contribution < 1.29 is 28.3 Å². The van der Waals surface area contributed by atoms with Gasteiger partial charge in [-0.15, -0.1) is 30.6 Å². The van der Waals surface area contributed by atoms with Crippen LogP contribution in [0.5, 0.6) is 0 Å². The summed E-state index contributed by atoms with van der Waals surface area (Å²) in [4.78, 5) is 25.3. The summed E-state index contributed by atoms with van der Waals surface area (Å²) in [7, 11) is 4.35. The number of carbonyl (C=O) groups is 2. The molecule has 0 bridgehead atoms. The third kappa shape index (κ3) is 8.74. The maximum atomic E-state index is 14.1. The predicted octanol–water partition coefficient (Wildman–Crippen LogP) is 5.33. The van der Waals surface area contributed by atoms with Crippen molar-refractivity contribution in [2.45, 2.75) is 38.4 Å². The number of nitrogens with zero attached hydrogens (tertiary/aromatic N) is 1. The minimum atomic E-state index is -0.635. The molecule has 7 nitrogen and oxygen atoms in total. The van der Waals surface area contributed by atoms with Crippen molar-refractivity contribution in [1.29, 1.82) is 0 Å².